The van der Waals surface area contributed by atoms with Gasteiger partial charge in [0.05, 0.1) is 10.6 Å². The minimum Gasteiger partial charge on any atom is -0.380 e. The standard InChI is InChI=1S/C20H17N5O2/c1-14-12-18(17-4-2-5-19(25(26)27)20(17)23-14)21-13-15-6-8-16(9-7-15)24-11-3-10-22-24/h2-12H,13H2,1H3,(H,21,23). The first-order chi connectivity index (χ1) is 13.1. The Balaban J connectivity index is 1.60. The highest BCUT2D eigenvalue weighted by Gasteiger charge is 2.15. The molecule has 0 aliphatic rings. The van der Waals surface area contributed by atoms with Gasteiger partial charge in [-0.05, 0) is 36.8 Å². The molecule has 4 aromatic rings. The summed E-state index contributed by atoms with van der Waals surface area (Å²) in [5.74, 6) is 0. The van der Waals surface area contributed by atoms with Gasteiger partial charge in [0.15, 0.2) is 5.52 Å². The second-order valence-corrected chi connectivity index (χ2v) is 6.21. The van der Waals surface area contributed by atoms with Gasteiger partial charge in [-0.1, -0.05) is 24.3 Å². The first-order valence-electron chi connectivity index (χ1n) is 8.49. The van der Waals surface area contributed by atoms with Crippen molar-refractivity contribution in [1.29, 1.82) is 0 Å². The number of anilines is 1. The fourth-order valence-corrected chi connectivity index (χ4v) is 3.04. The molecule has 4 rings (SSSR count). The normalized spacial score (nSPS) is 10.9. The largest absolute Gasteiger partial charge is 0.380 e. The number of pyridine rings is 1. The number of non-ortho nitro benzene ring substituents is 1. The fraction of sp³-hybridized carbons (Fsp3) is 0.100. The van der Waals surface area contributed by atoms with Crippen molar-refractivity contribution < 1.29 is 4.92 Å². The molecule has 0 atom stereocenters. The van der Waals surface area contributed by atoms with Crippen molar-refractivity contribution in [3.63, 3.8) is 0 Å². The van der Waals surface area contributed by atoms with Crippen LogP contribution in [0.15, 0.2) is 67.0 Å². The molecule has 0 saturated heterocycles. The number of para-hydroxylation sites is 1. The average Bonchev–Trinajstić information content (AvgIpc) is 3.20. The molecule has 0 unspecified atom stereocenters. The van der Waals surface area contributed by atoms with Gasteiger partial charge in [-0.2, -0.15) is 5.10 Å². The summed E-state index contributed by atoms with van der Waals surface area (Å²) in [5.41, 5.74) is 4.07. The summed E-state index contributed by atoms with van der Waals surface area (Å²) in [6.07, 6.45) is 3.64. The number of benzene rings is 2. The predicted molar refractivity (Wildman–Crippen MR) is 104 cm³/mol. The van der Waals surface area contributed by atoms with Gasteiger partial charge in [0.2, 0.25) is 0 Å². The lowest BCUT2D eigenvalue weighted by Gasteiger charge is -2.11. The molecule has 0 radical (unpaired) electrons. The average molecular weight is 359 g/mol. The van der Waals surface area contributed by atoms with E-state index < -0.39 is 4.92 Å². The molecule has 134 valence electrons. The number of nitro benzene ring substituents is 1. The summed E-state index contributed by atoms with van der Waals surface area (Å²) in [4.78, 5) is 15.2. The number of fused-ring (bicyclic) bond motifs is 1. The molecular formula is C20H17N5O2. The molecular weight excluding hydrogens is 342 g/mol. The number of hydrogen-bond acceptors (Lipinski definition) is 5. The first-order valence-corrected chi connectivity index (χ1v) is 8.49. The van der Waals surface area contributed by atoms with E-state index in [-0.39, 0.29) is 5.69 Å². The van der Waals surface area contributed by atoms with Crippen LogP contribution in [0.2, 0.25) is 0 Å². The van der Waals surface area contributed by atoms with Crippen molar-refractivity contribution in [3.05, 3.63) is 88.4 Å². The minimum atomic E-state index is -0.396. The molecule has 2 heterocycles. The van der Waals surface area contributed by atoms with Gasteiger partial charge in [0.25, 0.3) is 5.69 Å². The zero-order valence-electron chi connectivity index (χ0n) is 14.7. The fourth-order valence-electron chi connectivity index (χ4n) is 3.04. The van der Waals surface area contributed by atoms with E-state index in [1.807, 2.05) is 55.6 Å². The van der Waals surface area contributed by atoms with E-state index in [1.54, 1.807) is 16.9 Å². The summed E-state index contributed by atoms with van der Waals surface area (Å²) >= 11 is 0. The molecule has 0 aliphatic heterocycles. The molecule has 0 amide bonds. The molecule has 0 spiro atoms. The lowest BCUT2D eigenvalue weighted by Crippen LogP contribution is -2.03. The second-order valence-electron chi connectivity index (χ2n) is 6.21. The van der Waals surface area contributed by atoms with E-state index in [1.165, 1.54) is 6.07 Å². The van der Waals surface area contributed by atoms with E-state index in [0.717, 1.165) is 28.0 Å². The van der Waals surface area contributed by atoms with Crippen LogP contribution in [0, 0.1) is 17.0 Å². The van der Waals surface area contributed by atoms with Crippen LogP contribution in [0.5, 0.6) is 0 Å². The summed E-state index contributed by atoms with van der Waals surface area (Å²) < 4.78 is 1.80. The molecule has 0 aliphatic carbocycles. The third-order valence-corrected chi connectivity index (χ3v) is 4.33. The topological polar surface area (TPSA) is 85.9 Å². The van der Waals surface area contributed by atoms with Crippen LogP contribution in [0.25, 0.3) is 16.6 Å². The van der Waals surface area contributed by atoms with Crippen molar-refractivity contribution in [2.75, 3.05) is 5.32 Å². The lowest BCUT2D eigenvalue weighted by molar-refractivity contribution is -0.383. The number of aromatic nitrogens is 3. The number of nitrogens with zero attached hydrogens (tertiary/aromatic N) is 4. The summed E-state index contributed by atoms with van der Waals surface area (Å²) in [7, 11) is 0. The third kappa shape index (κ3) is 3.35. The number of hydrogen-bond donors (Lipinski definition) is 1. The van der Waals surface area contributed by atoms with Crippen LogP contribution in [0.3, 0.4) is 0 Å². The Morgan fingerprint density at radius 1 is 1.15 bits per heavy atom. The van der Waals surface area contributed by atoms with Crippen LogP contribution in [0.4, 0.5) is 11.4 Å². The number of aryl methyl sites for hydroxylation is 1. The molecule has 0 saturated carbocycles. The van der Waals surface area contributed by atoms with Crippen molar-refractivity contribution in [2.24, 2.45) is 0 Å². The van der Waals surface area contributed by atoms with Crippen LogP contribution in [-0.4, -0.2) is 19.7 Å². The SMILES string of the molecule is Cc1cc(NCc2ccc(-n3cccn3)cc2)c2cccc([N+](=O)[O-])c2n1. The van der Waals surface area contributed by atoms with E-state index in [4.69, 9.17) is 0 Å². The van der Waals surface area contributed by atoms with Crippen LogP contribution in [-0.2, 0) is 6.54 Å². The quantitative estimate of drug-likeness (QED) is 0.425. The molecule has 7 nitrogen and oxygen atoms in total. The maximum Gasteiger partial charge on any atom is 0.295 e. The third-order valence-electron chi connectivity index (χ3n) is 4.33. The van der Waals surface area contributed by atoms with Crippen molar-refractivity contribution in [2.45, 2.75) is 13.5 Å². The Bertz CT molecular complexity index is 1110. The van der Waals surface area contributed by atoms with Gasteiger partial charge in [-0.25, -0.2) is 9.67 Å². The second kappa shape index (κ2) is 6.87. The van der Waals surface area contributed by atoms with Crippen LogP contribution < -0.4 is 5.32 Å². The van der Waals surface area contributed by atoms with E-state index in [0.29, 0.717) is 12.1 Å². The maximum absolute atomic E-state index is 11.3. The van der Waals surface area contributed by atoms with Crippen LogP contribution in [0.1, 0.15) is 11.3 Å². The molecule has 7 heteroatoms. The van der Waals surface area contributed by atoms with Crippen molar-refractivity contribution in [3.8, 4) is 5.69 Å². The monoisotopic (exact) mass is 359 g/mol. The Kier molecular flexibility index (Phi) is 4.25. The van der Waals surface area contributed by atoms with E-state index >= 15 is 0 Å². The first kappa shape index (κ1) is 16.7. The smallest absolute Gasteiger partial charge is 0.295 e. The van der Waals surface area contributed by atoms with Gasteiger partial charge in [0.1, 0.15) is 0 Å². The zero-order valence-corrected chi connectivity index (χ0v) is 14.7. The Morgan fingerprint density at radius 2 is 1.96 bits per heavy atom. The van der Waals surface area contributed by atoms with Gasteiger partial charge < -0.3 is 5.32 Å². The van der Waals surface area contributed by atoms with Crippen LogP contribution >= 0.6 is 0 Å². The molecule has 2 aromatic heterocycles. The van der Waals surface area contributed by atoms with E-state index in [2.05, 4.69) is 15.4 Å². The summed E-state index contributed by atoms with van der Waals surface area (Å²) in [6, 6.07) is 16.9. The lowest BCUT2D eigenvalue weighted by atomic mass is 10.1. The molecule has 0 bridgehead atoms. The minimum absolute atomic E-state index is 0.0165. The Hall–Kier alpha value is -3.74. The highest BCUT2D eigenvalue weighted by atomic mass is 16.6. The van der Waals surface area contributed by atoms with Gasteiger partial charge in [-0.15, -0.1) is 0 Å². The maximum atomic E-state index is 11.3. The van der Waals surface area contributed by atoms with E-state index in [9.17, 15) is 10.1 Å². The van der Waals surface area contributed by atoms with Gasteiger partial charge in [-0.3, -0.25) is 10.1 Å². The Labute approximate surface area is 155 Å². The molecule has 27 heavy (non-hydrogen) atoms. The number of nitro groups is 1. The summed E-state index contributed by atoms with van der Waals surface area (Å²) in [6.45, 7) is 2.43. The Morgan fingerprint density at radius 3 is 2.67 bits per heavy atom. The predicted octanol–water partition coefficient (Wildman–Crippen LogP) is 4.25. The number of rotatable bonds is 5. The highest BCUT2D eigenvalue weighted by molar-refractivity contribution is 5.96. The summed E-state index contributed by atoms with van der Waals surface area (Å²) in [5, 5.41) is 19.6. The van der Waals surface area contributed by atoms with Crippen molar-refractivity contribution in [1.82, 2.24) is 14.8 Å². The van der Waals surface area contributed by atoms with Crippen molar-refractivity contribution >= 4 is 22.3 Å². The van der Waals surface area contributed by atoms with Gasteiger partial charge in [0, 0.05) is 41.8 Å². The van der Waals surface area contributed by atoms with Gasteiger partial charge >= 0.3 is 0 Å². The molecule has 2 aromatic carbocycles. The molecule has 0 fully saturated rings. The zero-order chi connectivity index (χ0) is 18.8. The highest BCUT2D eigenvalue weighted by Crippen LogP contribution is 2.30. The number of nitrogens with one attached hydrogen (secondary N) is 1. The molecule has 1 N–H and O–H groups in total.